The highest BCUT2D eigenvalue weighted by molar-refractivity contribution is 5.85. The molecule has 0 saturated heterocycles. The van der Waals surface area contributed by atoms with Gasteiger partial charge < -0.3 is 10.6 Å². The Bertz CT molecular complexity index is 536. The SMILES string of the molecule is CCN[C@H](C)CNC(=O)C1CC1c1cccc(C(F)(F)F)c1.Cl. The standard InChI is InChI=1S/C16H21F3N2O.ClH/c1-3-20-10(2)9-21-15(22)14-8-13(14)11-5-4-6-12(7-11)16(17,18)19;/h4-7,10,13-14,20H,3,8-9H2,1-2H3,(H,21,22);1H/t10-,13?,14?;/m1./s1. The highest BCUT2D eigenvalue weighted by Gasteiger charge is 2.44. The van der Waals surface area contributed by atoms with Crippen LogP contribution in [0.5, 0.6) is 0 Å². The highest BCUT2D eigenvalue weighted by Crippen LogP contribution is 2.48. The molecular formula is C16H22ClF3N2O. The summed E-state index contributed by atoms with van der Waals surface area (Å²) in [5, 5.41) is 6.04. The quantitative estimate of drug-likeness (QED) is 0.826. The first-order chi connectivity index (χ1) is 10.3. The molecule has 2 N–H and O–H groups in total. The van der Waals surface area contributed by atoms with Crippen LogP contribution in [0, 0.1) is 5.92 Å². The number of likely N-dealkylation sites (N-methyl/N-ethyl adjacent to an activating group) is 1. The molecule has 1 aromatic carbocycles. The van der Waals surface area contributed by atoms with E-state index in [2.05, 4.69) is 10.6 Å². The zero-order valence-corrected chi connectivity index (χ0v) is 13.9. The van der Waals surface area contributed by atoms with Crippen LogP contribution >= 0.6 is 12.4 Å². The number of benzene rings is 1. The monoisotopic (exact) mass is 350 g/mol. The van der Waals surface area contributed by atoms with E-state index >= 15 is 0 Å². The molecule has 23 heavy (non-hydrogen) atoms. The van der Waals surface area contributed by atoms with Crippen molar-refractivity contribution in [1.82, 2.24) is 10.6 Å². The summed E-state index contributed by atoms with van der Waals surface area (Å²) >= 11 is 0. The van der Waals surface area contributed by atoms with E-state index in [-0.39, 0.29) is 36.2 Å². The summed E-state index contributed by atoms with van der Waals surface area (Å²) in [5.41, 5.74) is -0.0634. The maximum atomic E-state index is 12.7. The van der Waals surface area contributed by atoms with Gasteiger partial charge in [-0.3, -0.25) is 4.79 Å². The molecule has 1 aromatic rings. The molecule has 0 spiro atoms. The van der Waals surface area contributed by atoms with Gasteiger partial charge in [-0.2, -0.15) is 13.2 Å². The molecule has 0 bridgehead atoms. The number of rotatable bonds is 6. The van der Waals surface area contributed by atoms with Gasteiger partial charge in [-0.1, -0.05) is 25.1 Å². The van der Waals surface area contributed by atoms with E-state index < -0.39 is 11.7 Å². The molecule has 1 fully saturated rings. The van der Waals surface area contributed by atoms with E-state index in [9.17, 15) is 18.0 Å². The van der Waals surface area contributed by atoms with Crippen molar-refractivity contribution in [2.45, 2.75) is 38.4 Å². The molecule has 2 unspecified atom stereocenters. The minimum atomic E-state index is -4.34. The average Bonchev–Trinajstić information content (AvgIpc) is 3.25. The number of halogens is 4. The summed E-state index contributed by atoms with van der Waals surface area (Å²) in [7, 11) is 0. The average molecular weight is 351 g/mol. The molecule has 0 heterocycles. The summed E-state index contributed by atoms with van der Waals surface area (Å²) in [6, 6.07) is 5.45. The Labute approximate surface area is 140 Å². The molecule has 1 aliphatic rings. The fourth-order valence-electron chi connectivity index (χ4n) is 2.60. The summed E-state index contributed by atoms with van der Waals surface area (Å²) < 4.78 is 38.1. The van der Waals surface area contributed by atoms with Crippen molar-refractivity contribution in [2.75, 3.05) is 13.1 Å². The molecule has 1 aliphatic carbocycles. The van der Waals surface area contributed by atoms with Crippen molar-refractivity contribution in [3.8, 4) is 0 Å². The van der Waals surface area contributed by atoms with Gasteiger partial charge in [0.25, 0.3) is 0 Å². The molecule has 3 atom stereocenters. The largest absolute Gasteiger partial charge is 0.416 e. The Morgan fingerprint density at radius 2 is 2.09 bits per heavy atom. The van der Waals surface area contributed by atoms with Gasteiger partial charge in [0.15, 0.2) is 0 Å². The van der Waals surface area contributed by atoms with Crippen LogP contribution in [0.1, 0.15) is 37.3 Å². The zero-order chi connectivity index (χ0) is 16.3. The summed E-state index contributed by atoms with van der Waals surface area (Å²) in [6.07, 6.45) is -3.73. The van der Waals surface area contributed by atoms with Crippen molar-refractivity contribution in [2.24, 2.45) is 5.92 Å². The number of hydrogen-bond acceptors (Lipinski definition) is 2. The fourth-order valence-corrected chi connectivity index (χ4v) is 2.60. The molecule has 2 rings (SSSR count). The van der Waals surface area contributed by atoms with Crippen LogP contribution in [0.3, 0.4) is 0 Å². The van der Waals surface area contributed by atoms with Gasteiger partial charge in [-0.15, -0.1) is 12.4 Å². The van der Waals surface area contributed by atoms with Crippen molar-refractivity contribution in [1.29, 1.82) is 0 Å². The molecule has 0 aromatic heterocycles. The molecule has 1 amide bonds. The third-order valence-corrected chi connectivity index (χ3v) is 3.90. The van der Waals surface area contributed by atoms with Gasteiger partial charge >= 0.3 is 6.18 Å². The van der Waals surface area contributed by atoms with Crippen LogP contribution < -0.4 is 10.6 Å². The topological polar surface area (TPSA) is 41.1 Å². The maximum Gasteiger partial charge on any atom is 0.416 e. The fraction of sp³-hybridized carbons (Fsp3) is 0.562. The predicted molar refractivity (Wildman–Crippen MR) is 85.7 cm³/mol. The maximum absolute atomic E-state index is 12.7. The predicted octanol–water partition coefficient (Wildman–Crippen LogP) is 3.34. The van der Waals surface area contributed by atoms with E-state index in [1.807, 2.05) is 13.8 Å². The highest BCUT2D eigenvalue weighted by atomic mass is 35.5. The third kappa shape index (κ3) is 5.39. The first-order valence-corrected chi connectivity index (χ1v) is 7.51. The molecule has 0 radical (unpaired) electrons. The van der Waals surface area contributed by atoms with Gasteiger partial charge in [0.05, 0.1) is 5.56 Å². The Morgan fingerprint density at radius 1 is 1.39 bits per heavy atom. The Morgan fingerprint density at radius 3 is 2.70 bits per heavy atom. The van der Waals surface area contributed by atoms with Gasteiger partial charge in [0, 0.05) is 18.5 Å². The minimum Gasteiger partial charge on any atom is -0.354 e. The molecule has 7 heteroatoms. The third-order valence-electron chi connectivity index (χ3n) is 3.90. The first-order valence-electron chi connectivity index (χ1n) is 7.51. The molecule has 3 nitrogen and oxygen atoms in total. The number of nitrogens with one attached hydrogen (secondary N) is 2. The van der Waals surface area contributed by atoms with Crippen LogP contribution in [0.15, 0.2) is 24.3 Å². The van der Waals surface area contributed by atoms with Crippen LogP contribution in [0.25, 0.3) is 0 Å². The van der Waals surface area contributed by atoms with Crippen molar-refractivity contribution in [3.05, 3.63) is 35.4 Å². The number of carbonyl (C=O) groups is 1. The number of amides is 1. The molecular weight excluding hydrogens is 329 g/mol. The smallest absolute Gasteiger partial charge is 0.354 e. The first kappa shape index (κ1) is 19.8. The Balaban J connectivity index is 0.00000264. The zero-order valence-electron chi connectivity index (χ0n) is 13.1. The lowest BCUT2D eigenvalue weighted by molar-refractivity contribution is -0.137. The molecule has 1 saturated carbocycles. The summed E-state index contributed by atoms with van der Waals surface area (Å²) in [5.74, 6) is -0.388. The number of alkyl halides is 3. The van der Waals surface area contributed by atoms with Gasteiger partial charge in [0.1, 0.15) is 0 Å². The summed E-state index contributed by atoms with van der Waals surface area (Å²) in [6.45, 7) is 5.32. The van der Waals surface area contributed by atoms with Crippen LogP contribution in [0.2, 0.25) is 0 Å². The number of carbonyl (C=O) groups excluding carboxylic acids is 1. The lowest BCUT2D eigenvalue weighted by atomic mass is 10.1. The number of hydrogen-bond donors (Lipinski definition) is 2. The molecule has 130 valence electrons. The second-order valence-electron chi connectivity index (χ2n) is 5.78. The van der Waals surface area contributed by atoms with Crippen LogP contribution in [0.4, 0.5) is 13.2 Å². The van der Waals surface area contributed by atoms with Crippen LogP contribution in [-0.2, 0) is 11.0 Å². The van der Waals surface area contributed by atoms with Gasteiger partial charge in [0.2, 0.25) is 5.91 Å². The van der Waals surface area contributed by atoms with E-state index in [4.69, 9.17) is 0 Å². The van der Waals surface area contributed by atoms with E-state index in [0.29, 0.717) is 18.5 Å². The Kier molecular flexibility index (Phi) is 6.89. The molecule has 0 aliphatic heterocycles. The van der Waals surface area contributed by atoms with Crippen molar-refractivity contribution < 1.29 is 18.0 Å². The second kappa shape index (κ2) is 8.02. The van der Waals surface area contributed by atoms with Crippen molar-refractivity contribution in [3.63, 3.8) is 0 Å². The summed E-state index contributed by atoms with van der Waals surface area (Å²) in [4.78, 5) is 12.0. The lowest BCUT2D eigenvalue weighted by Gasteiger charge is -2.13. The van der Waals surface area contributed by atoms with Gasteiger partial charge in [-0.05, 0) is 37.4 Å². The van der Waals surface area contributed by atoms with E-state index in [0.717, 1.165) is 18.7 Å². The van der Waals surface area contributed by atoms with E-state index in [1.54, 1.807) is 6.07 Å². The second-order valence-corrected chi connectivity index (χ2v) is 5.78. The minimum absolute atomic E-state index is 0. The van der Waals surface area contributed by atoms with Crippen molar-refractivity contribution >= 4 is 18.3 Å². The normalized spacial score (nSPS) is 21.3. The Hall–Kier alpha value is -1.27. The van der Waals surface area contributed by atoms with E-state index in [1.165, 1.54) is 6.07 Å². The lowest BCUT2D eigenvalue weighted by Crippen LogP contribution is -2.39. The van der Waals surface area contributed by atoms with Crippen LogP contribution in [-0.4, -0.2) is 25.0 Å². The van der Waals surface area contributed by atoms with Gasteiger partial charge in [-0.25, -0.2) is 0 Å².